The lowest BCUT2D eigenvalue weighted by Crippen LogP contribution is -1.93. The number of rotatable bonds is 5. The van der Waals surface area contributed by atoms with Crippen molar-refractivity contribution >= 4 is 17.6 Å². The second kappa shape index (κ2) is 6.31. The molecule has 0 saturated heterocycles. The fourth-order valence-corrected chi connectivity index (χ4v) is 2.57. The van der Waals surface area contributed by atoms with E-state index < -0.39 is 0 Å². The van der Waals surface area contributed by atoms with Crippen molar-refractivity contribution in [1.29, 1.82) is 0 Å². The van der Waals surface area contributed by atoms with E-state index in [4.69, 9.17) is 4.74 Å². The Morgan fingerprint density at radius 2 is 2.11 bits per heavy atom. The molecule has 0 aliphatic rings. The number of anilines is 1. The molecule has 1 aromatic heterocycles. The van der Waals surface area contributed by atoms with Gasteiger partial charge in [0.05, 0.1) is 7.11 Å². The average molecular weight is 260 g/mol. The Balaban J connectivity index is 2.06. The summed E-state index contributed by atoms with van der Waals surface area (Å²) in [5.41, 5.74) is 1.24. The lowest BCUT2D eigenvalue weighted by molar-refractivity contribution is 0.405. The smallest absolute Gasteiger partial charge is 0.132 e. The number of hydrogen-bond donors (Lipinski definition) is 1. The number of pyridine rings is 1. The molecular formula is C14H16N2OS. The summed E-state index contributed by atoms with van der Waals surface area (Å²) in [7, 11) is 3.57. The second-order valence-corrected chi connectivity index (χ2v) is 4.76. The minimum Gasteiger partial charge on any atom is -0.496 e. The van der Waals surface area contributed by atoms with Crippen molar-refractivity contribution in [2.75, 3.05) is 19.5 Å². The summed E-state index contributed by atoms with van der Waals surface area (Å²) in [5, 5.41) is 3.04. The van der Waals surface area contributed by atoms with Gasteiger partial charge in [-0.05, 0) is 29.8 Å². The summed E-state index contributed by atoms with van der Waals surface area (Å²) in [6, 6.07) is 12.1. The van der Waals surface area contributed by atoms with Crippen molar-refractivity contribution in [2.24, 2.45) is 0 Å². The summed E-state index contributed by atoms with van der Waals surface area (Å²) in [5.74, 6) is 2.72. The topological polar surface area (TPSA) is 34.1 Å². The summed E-state index contributed by atoms with van der Waals surface area (Å²) in [6.45, 7) is 0. The Bertz CT molecular complexity index is 517. The van der Waals surface area contributed by atoms with Gasteiger partial charge in [0.2, 0.25) is 0 Å². The molecule has 94 valence electrons. The third-order valence-electron chi connectivity index (χ3n) is 2.54. The van der Waals surface area contributed by atoms with Crippen molar-refractivity contribution in [1.82, 2.24) is 4.98 Å². The molecule has 1 aromatic carbocycles. The Hall–Kier alpha value is -1.68. The molecule has 0 aliphatic carbocycles. The minimum atomic E-state index is 0.896. The van der Waals surface area contributed by atoms with Gasteiger partial charge in [0.25, 0.3) is 0 Å². The molecule has 0 spiro atoms. The highest BCUT2D eigenvalue weighted by atomic mass is 32.2. The van der Waals surface area contributed by atoms with Crippen LogP contribution >= 0.6 is 11.8 Å². The number of hydrogen-bond acceptors (Lipinski definition) is 4. The molecule has 0 aliphatic heterocycles. The highest BCUT2D eigenvalue weighted by Crippen LogP contribution is 2.31. The SMILES string of the molecule is CNc1cc(CSc2ccccc2OC)ccn1. The standard InChI is InChI=1S/C14H16N2OS/c1-15-14-9-11(7-8-16-14)10-18-13-6-4-3-5-12(13)17-2/h3-9H,10H2,1-2H3,(H,15,16). The molecule has 0 amide bonds. The molecule has 0 atom stereocenters. The van der Waals surface area contributed by atoms with Gasteiger partial charge in [-0.1, -0.05) is 12.1 Å². The van der Waals surface area contributed by atoms with E-state index in [0.29, 0.717) is 0 Å². The van der Waals surface area contributed by atoms with Crippen LogP contribution in [-0.4, -0.2) is 19.1 Å². The second-order valence-electron chi connectivity index (χ2n) is 3.74. The van der Waals surface area contributed by atoms with E-state index in [0.717, 1.165) is 22.2 Å². The quantitative estimate of drug-likeness (QED) is 0.835. The van der Waals surface area contributed by atoms with Crippen molar-refractivity contribution in [3.63, 3.8) is 0 Å². The summed E-state index contributed by atoms with van der Waals surface area (Å²) in [6.07, 6.45) is 1.82. The first-order valence-electron chi connectivity index (χ1n) is 5.72. The molecule has 0 bridgehead atoms. The first kappa shape index (κ1) is 12.8. The van der Waals surface area contributed by atoms with Gasteiger partial charge in [-0.25, -0.2) is 4.98 Å². The van der Waals surface area contributed by atoms with E-state index in [1.165, 1.54) is 5.56 Å². The molecular weight excluding hydrogens is 244 g/mol. The zero-order chi connectivity index (χ0) is 12.8. The van der Waals surface area contributed by atoms with Crippen molar-refractivity contribution in [3.05, 3.63) is 48.2 Å². The Morgan fingerprint density at radius 1 is 1.28 bits per heavy atom. The first-order chi connectivity index (χ1) is 8.83. The fourth-order valence-electron chi connectivity index (χ4n) is 1.60. The lowest BCUT2D eigenvalue weighted by atomic mass is 10.3. The van der Waals surface area contributed by atoms with Crippen LogP contribution in [0.5, 0.6) is 5.75 Å². The molecule has 3 nitrogen and oxygen atoms in total. The number of benzene rings is 1. The van der Waals surface area contributed by atoms with Gasteiger partial charge in [0.1, 0.15) is 11.6 Å². The number of ether oxygens (including phenoxy) is 1. The van der Waals surface area contributed by atoms with Gasteiger partial charge in [0.15, 0.2) is 0 Å². The molecule has 2 aromatic rings. The van der Waals surface area contributed by atoms with E-state index in [1.54, 1.807) is 18.9 Å². The number of aromatic nitrogens is 1. The third kappa shape index (κ3) is 3.17. The first-order valence-corrected chi connectivity index (χ1v) is 6.70. The van der Waals surface area contributed by atoms with Crippen LogP contribution in [0.3, 0.4) is 0 Å². The zero-order valence-corrected chi connectivity index (χ0v) is 11.3. The molecule has 0 unspecified atom stereocenters. The molecule has 0 radical (unpaired) electrons. The van der Waals surface area contributed by atoms with E-state index >= 15 is 0 Å². The minimum absolute atomic E-state index is 0.896. The van der Waals surface area contributed by atoms with Gasteiger partial charge in [-0.15, -0.1) is 11.8 Å². The van der Waals surface area contributed by atoms with Crippen LogP contribution < -0.4 is 10.1 Å². The Labute approximate surface area is 112 Å². The molecule has 0 fully saturated rings. The predicted octanol–water partition coefficient (Wildman–Crippen LogP) is 3.42. The van der Waals surface area contributed by atoms with E-state index in [1.807, 2.05) is 37.5 Å². The van der Waals surface area contributed by atoms with Crippen LogP contribution in [0.15, 0.2) is 47.5 Å². The van der Waals surface area contributed by atoms with Crippen LogP contribution in [0, 0.1) is 0 Å². The average Bonchev–Trinajstić information content (AvgIpc) is 2.45. The third-order valence-corrected chi connectivity index (χ3v) is 3.67. The largest absolute Gasteiger partial charge is 0.496 e. The van der Waals surface area contributed by atoms with E-state index in [9.17, 15) is 0 Å². The predicted molar refractivity (Wildman–Crippen MR) is 76.3 cm³/mol. The number of thioether (sulfide) groups is 1. The van der Waals surface area contributed by atoms with Gasteiger partial charge in [-0.3, -0.25) is 0 Å². The van der Waals surface area contributed by atoms with Crippen molar-refractivity contribution in [2.45, 2.75) is 10.6 Å². The van der Waals surface area contributed by atoms with Crippen LogP contribution in [0.4, 0.5) is 5.82 Å². The van der Waals surface area contributed by atoms with Gasteiger partial charge in [0, 0.05) is 23.9 Å². The molecule has 1 N–H and O–H groups in total. The lowest BCUT2D eigenvalue weighted by Gasteiger charge is -2.08. The Kier molecular flexibility index (Phi) is 4.47. The van der Waals surface area contributed by atoms with E-state index in [-0.39, 0.29) is 0 Å². The summed E-state index contributed by atoms with van der Waals surface area (Å²) in [4.78, 5) is 5.36. The highest BCUT2D eigenvalue weighted by Gasteiger charge is 2.03. The van der Waals surface area contributed by atoms with Crippen LogP contribution in [0.25, 0.3) is 0 Å². The Morgan fingerprint density at radius 3 is 2.89 bits per heavy atom. The maximum absolute atomic E-state index is 5.33. The molecule has 2 rings (SSSR count). The number of nitrogens with one attached hydrogen (secondary N) is 1. The van der Waals surface area contributed by atoms with Crippen LogP contribution in [0.1, 0.15) is 5.56 Å². The monoisotopic (exact) mass is 260 g/mol. The van der Waals surface area contributed by atoms with Gasteiger partial charge >= 0.3 is 0 Å². The number of para-hydroxylation sites is 1. The maximum atomic E-state index is 5.33. The summed E-state index contributed by atoms with van der Waals surface area (Å²) < 4.78 is 5.33. The number of nitrogens with zero attached hydrogens (tertiary/aromatic N) is 1. The van der Waals surface area contributed by atoms with Gasteiger partial charge in [-0.2, -0.15) is 0 Å². The summed E-state index contributed by atoms with van der Waals surface area (Å²) >= 11 is 1.76. The molecule has 18 heavy (non-hydrogen) atoms. The van der Waals surface area contributed by atoms with Gasteiger partial charge < -0.3 is 10.1 Å². The fraction of sp³-hybridized carbons (Fsp3) is 0.214. The molecule has 4 heteroatoms. The van der Waals surface area contributed by atoms with Crippen LogP contribution in [0.2, 0.25) is 0 Å². The van der Waals surface area contributed by atoms with Crippen molar-refractivity contribution in [3.8, 4) is 5.75 Å². The van der Waals surface area contributed by atoms with E-state index in [2.05, 4.69) is 22.4 Å². The maximum Gasteiger partial charge on any atom is 0.132 e. The molecule has 0 saturated carbocycles. The highest BCUT2D eigenvalue weighted by molar-refractivity contribution is 7.98. The van der Waals surface area contributed by atoms with Crippen LogP contribution in [-0.2, 0) is 5.75 Å². The zero-order valence-electron chi connectivity index (χ0n) is 10.5. The molecule has 1 heterocycles. The van der Waals surface area contributed by atoms with Crippen molar-refractivity contribution < 1.29 is 4.74 Å². The normalized spacial score (nSPS) is 10.1. The number of methoxy groups -OCH3 is 1.